The average Bonchev–Trinajstić information content (AvgIpc) is 3.19. The van der Waals surface area contributed by atoms with Gasteiger partial charge in [-0.05, 0) is 56.3 Å². The van der Waals surface area contributed by atoms with Crippen LogP contribution < -0.4 is 10.6 Å². The smallest absolute Gasteiger partial charge is 0.0651 e. The van der Waals surface area contributed by atoms with Gasteiger partial charge in [0.1, 0.15) is 0 Å². The van der Waals surface area contributed by atoms with Crippen LogP contribution in [-0.2, 0) is 0 Å². The zero-order valence-electron chi connectivity index (χ0n) is 11.7. The number of nitrogens with one attached hydrogen (secondary N) is 3. The molecule has 0 bridgehead atoms. The molecule has 0 radical (unpaired) electrons. The van der Waals surface area contributed by atoms with Gasteiger partial charge in [-0.1, -0.05) is 6.42 Å². The van der Waals surface area contributed by atoms with Crippen molar-refractivity contribution in [3.05, 3.63) is 24.4 Å². The fraction of sp³-hybridized carbons (Fsp3) is 0.562. The SMILES string of the molecule is c1cc2[nH]ncc2cc1NC1CCCC1C1CCCN1. The first-order valence-corrected chi connectivity index (χ1v) is 7.83. The van der Waals surface area contributed by atoms with E-state index in [1.165, 1.54) is 49.7 Å². The van der Waals surface area contributed by atoms with Crippen LogP contribution in [0.15, 0.2) is 24.4 Å². The van der Waals surface area contributed by atoms with Crippen LogP contribution in [0.3, 0.4) is 0 Å². The highest BCUT2D eigenvalue weighted by molar-refractivity contribution is 5.81. The Kier molecular flexibility index (Phi) is 3.11. The third kappa shape index (κ3) is 2.18. The molecule has 0 amide bonds. The summed E-state index contributed by atoms with van der Waals surface area (Å²) in [6.45, 7) is 1.20. The maximum atomic E-state index is 4.09. The lowest BCUT2D eigenvalue weighted by Crippen LogP contribution is -2.38. The van der Waals surface area contributed by atoms with E-state index in [1.807, 2.05) is 6.20 Å². The van der Waals surface area contributed by atoms with Crippen molar-refractivity contribution in [2.45, 2.75) is 44.2 Å². The summed E-state index contributed by atoms with van der Waals surface area (Å²) in [7, 11) is 0. The van der Waals surface area contributed by atoms with Crippen molar-refractivity contribution < 1.29 is 0 Å². The van der Waals surface area contributed by atoms with Crippen LogP contribution in [0.1, 0.15) is 32.1 Å². The zero-order chi connectivity index (χ0) is 13.4. The number of hydrogen-bond acceptors (Lipinski definition) is 3. The van der Waals surface area contributed by atoms with E-state index >= 15 is 0 Å². The van der Waals surface area contributed by atoms with Crippen LogP contribution in [0.2, 0.25) is 0 Å². The molecule has 1 aromatic heterocycles. The molecular weight excluding hydrogens is 248 g/mol. The largest absolute Gasteiger partial charge is 0.382 e. The molecule has 3 N–H and O–H groups in total. The molecular formula is C16H22N4. The van der Waals surface area contributed by atoms with Gasteiger partial charge in [-0.2, -0.15) is 5.10 Å². The summed E-state index contributed by atoms with van der Waals surface area (Å²) < 4.78 is 0. The molecule has 4 nitrogen and oxygen atoms in total. The summed E-state index contributed by atoms with van der Waals surface area (Å²) in [5, 5.41) is 15.7. The number of fused-ring (bicyclic) bond motifs is 1. The van der Waals surface area contributed by atoms with Crippen molar-refractivity contribution in [2.75, 3.05) is 11.9 Å². The van der Waals surface area contributed by atoms with Gasteiger partial charge in [0.25, 0.3) is 0 Å². The van der Waals surface area contributed by atoms with Crippen LogP contribution in [0, 0.1) is 5.92 Å². The standard InChI is InChI=1S/C16H22N4/c1-3-13(15-5-2-8-17-15)16(4-1)19-12-6-7-14-11(9-12)10-18-20-14/h6-7,9-10,13,15-17,19H,1-5,8H2,(H,18,20). The van der Waals surface area contributed by atoms with Gasteiger partial charge in [0.15, 0.2) is 0 Å². The first-order chi connectivity index (χ1) is 9.90. The van der Waals surface area contributed by atoms with Gasteiger partial charge in [-0.3, -0.25) is 5.10 Å². The second kappa shape index (κ2) is 5.09. The molecule has 4 heteroatoms. The highest BCUT2D eigenvalue weighted by atomic mass is 15.1. The van der Waals surface area contributed by atoms with E-state index in [0.29, 0.717) is 6.04 Å². The molecule has 0 spiro atoms. The molecule has 3 unspecified atom stereocenters. The third-order valence-electron chi connectivity index (χ3n) is 4.98. The molecule has 4 rings (SSSR count). The van der Waals surface area contributed by atoms with Crippen molar-refractivity contribution in [1.82, 2.24) is 15.5 Å². The van der Waals surface area contributed by atoms with Crippen molar-refractivity contribution in [3.8, 4) is 0 Å². The highest BCUT2D eigenvalue weighted by Crippen LogP contribution is 2.34. The summed E-state index contributed by atoms with van der Waals surface area (Å²) in [6, 6.07) is 7.83. The first-order valence-electron chi connectivity index (χ1n) is 7.83. The molecule has 2 heterocycles. The number of rotatable bonds is 3. The average molecular weight is 270 g/mol. The van der Waals surface area contributed by atoms with E-state index in [2.05, 4.69) is 39.0 Å². The van der Waals surface area contributed by atoms with E-state index < -0.39 is 0 Å². The number of hydrogen-bond donors (Lipinski definition) is 3. The summed E-state index contributed by atoms with van der Waals surface area (Å²) in [5.74, 6) is 0.789. The summed E-state index contributed by atoms with van der Waals surface area (Å²) in [5.41, 5.74) is 2.34. The molecule has 2 aliphatic rings. The number of benzene rings is 1. The number of aromatic nitrogens is 2. The molecule has 1 aromatic carbocycles. The highest BCUT2D eigenvalue weighted by Gasteiger charge is 2.34. The lowest BCUT2D eigenvalue weighted by atomic mass is 9.93. The Morgan fingerprint density at radius 1 is 1.15 bits per heavy atom. The second-order valence-corrected chi connectivity index (χ2v) is 6.22. The topological polar surface area (TPSA) is 52.7 Å². The molecule has 1 aliphatic heterocycles. The molecule has 1 aliphatic carbocycles. The van der Waals surface area contributed by atoms with Crippen molar-refractivity contribution in [1.29, 1.82) is 0 Å². The first kappa shape index (κ1) is 12.2. The molecule has 1 saturated heterocycles. The molecule has 3 atom stereocenters. The predicted octanol–water partition coefficient (Wildman–Crippen LogP) is 2.90. The van der Waals surface area contributed by atoms with Crippen molar-refractivity contribution >= 4 is 16.6 Å². The van der Waals surface area contributed by atoms with Gasteiger partial charge >= 0.3 is 0 Å². The lowest BCUT2D eigenvalue weighted by Gasteiger charge is -2.27. The lowest BCUT2D eigenvalue weighted by molar-refractivity contribution is 0.376. The summed E-state index contributed by atoms with van der Waals surface area (Å²) >= 11 is 0. The minimum atomic E-state index is 0.620. The Morgan fingerprint density at radius 2 is 2.15 bits per heavy atom. The Labute approximate surface area is 119 Å². The van der Waals surface area contributed by atoms with Crippen molar-refractivity contribution in [2.24, 2.45) is 5.92 Å². The number of nitrogens with zero attached hydrogens (tertiary/aromatic N) is 1. The molecule has 20 heavy (non-hydrogen) atoms. The Balaban J connectivity index is 1.51. The van der Waals surface area contributed by atoms with Crippen LogP contribution in [0.4, 0.5) is 5.69 Å². The minimum absolute atomic E-state index is 0.620. The number of anilines is 1. The van der Waals surface area contributed by atoms with Gasteiger partial charge in [0.05, 0.1) is 11.7 Å². The van der Waals surface area contributed by atoms with E-state index in [1.54, 1.807) is 0 Å². The van der Waals surface area contributed by atoms with Gasteiger partial charge in [-0.15, -0.1) is 0 Å². The van der Waals surface area contributed by atoms with E-state index in [0.717, 1.165) is 17.5 Å². The van der Waals surface area contributed by atoms with E-state index in [4.69, 9.17) is 0 Å². The zero-order valence-corrected chi connectivity index (χ0v) is 11.7. The fourth-order valence-electron chi connectivity index (χ4n) is 3.97. The van der Waals surface area contributed by atoms with Crippen LogP contribution in [0.25, 0.3) is 10.9 Å². The van der Waals surface area contributed by atoms with Gasteiger partial charge < -0.3 is 10.6 Å². The Morgan fingerprint density at radius 3 is 3.05 bits per heavy atom. The second-order valence-electron chi connectivity index (χ2n) is 6.22. The van der Waals surface area contributed by atoms with Gasteiger partial charge in [0.2, 0.25) is 0 Å². The van der Waals surface area contributed by atoms with E-state index in [-0.39, 0.29) is 0 Å². The monoisotopic (exact) mass is 270 g/mol. The van der Waals surface area contributed by atoms with Gasteiger partial charge in [0, 0.05) is 23.2 Å². The number of H-pyrrole nitrogens is 1. The molecule has 106 valence electrons. The normalized spacial score (nSPS) is 30.1. The Bertz CT molecular complexity index is 585. The van der Waals surface area contributed by atoms with Gasteiger partial charge in [-0.25, -0.2) is 0 Å². The number of aromatic amines is 1. The third-order valence-corrected chi connectivity index (χ3v) is 4.98. The molecule has 2 aromatic rings. The fourth-order valence-corrected chi connectivity index (χ4v) is 3.97. The summed E-state index contributed by atoms with van der Waals surface area (Å²) in [4.78, 5) is 0. The quantitative estimate of drug-likeness (QED) is 0.804. The maximum Gasteiger partial charge on any atom is 0.0651 e. The summed E-state index contributed by atoms with van der Waals surface area (Å²) in [6.07, 6.45) is 8.60. The van der Waals surface area contributed by atoms with Crippen LogP contribution in [-0.4, -0.2) is 28.8 Å². The van der Waals surface area contributed by atoms with E-state index in [9.17, 15) is 0 Å². The predicted molar refractivity (Wildman–Crippen MR) is 81.9 cm³/mol. The van der Waals surface area contributed by atoms with Crippen LogP contribution in [0.5, 0.6) is 0 Å². The maximum absolute atomic E-state index is 4.09. The molecule has 1 saturated carbocycles. The molecule has 2 fully saturated rings. The minimum Gasteiger partial charge on any atom is -0.382 e. The van der Waals surface area contributed by atoms with Crippen LogP contribution >= 0.6 is 0 Å². The van der Waals surface area contributed by atoms with Crippen molar-refractivity contribution in [3.63, 3.8) is 0 Å². The Hall–Kier alpha value is -1.55.